The fourth-order valence-electron chi connectivity index (χ4n) is 9.09. The molecule has 4 atom stereocenters. The Kier molecular flexibility index (Phi) is 11.4. The molecule has 2 aromatic heterocycles. The number of methoxy groups -OCH3 is 2. The van der Waals surface area contributed by atoms with E-state index < -0.39 is 24.3 Å². The minimum absolute atomic E-state index is 0.0992. The van der Waals surface area contributed by atoms with E-state index in [0.717, 1.165) is 100 Å². The minimum Gasteiger partial charge on any atom is -0.453 e. The van der Waals surface area contributed by atoms with Gasteiger partial charge < -0.3 is 39.9 Å². The van der Waals surface area contributed by atoms with E-state index in [9.17, 15) is 19.2 Å². The van der Waals surface area contributed by atoms with E-state index in [4.69, 9.17) is 19.4 Å². The quantitative estimate of drug-likeness (QED) is 0.112. The fraction of sp³-hybridized carbons (Fsp3) is 0.435. The zero-order chi connectivity index (χ0) is 42.2. The highest BCUT2D eigenvalue weighted by molar-refractivity contribution is 5.91. The van der Waals surface area contributed by atoms with Crippen LogP contribution in [0.1, 0.15) is 88.4 Å². The van der Waals surface area contributed by atoms with E-state index in [2.05, 4.69) is 75.2 Å². The summed E-state index contributed by atoms with van der Waals surface area (Å²) in [5.41, 5.74) is 8.53. The van der Waals surface area contributed by atoms with Crippen LogP contribution in [-0.4, -0.2) is 93.1 Å². The average molecular weight is 815 g/mol. The standard InChI is InChI=1S/C46H54N8O6/c1-25(2)38(51-45(57)59-5)43(55)53-19-7-9-36(53)41-47-24-35(49-41)32-14-13-28-21-27(11-12-29(28)23-32)30-15-17-33-31(22-30)16-18-34-40(33)50-42(48-34)37-10-8-20-54(37)44(56)39(26(3)4)52-46(58)60-6/h11-15,17,21-26,36-39H,7-10,16,18-20H2,1-6H3,(H,47,49)(H,48,50)(H,51,57)(H,52,58)/t36-,37-,38-,39-/m0/s1. The predicted octanol–water partition coefficient (Wildman–Crippen LogP) is 7.47. The summed E-state index contributed by atoms with van der Waals surface area (Å²) in [6.07, 6.45) is 5.61. The summed E-state index contributed by atoms with van der Waals surface area (Å²) in [6, 6.07) is 17.8. The van der Waals surface area contributed by atoms with Crippen LogP contribution in [0.2, 0.25) is 0 Å². The smallest absolute Gasteiger partial charge is 0.407 e. The molecule has 314 valence electrons. The van der Waals surface area contributed by atoms with E-state index >= 15 is 0 Å². The fourth-order valence-corrected chi connectivity index (χ4v) is 9.09. The van der Waals surface area contributed by atoms with Crippen molar-refractivity contribution in [3.63, 3.8) is 0 Å². The lowest BCUT2D eigenvalue weighted by molar-refractivity contribution is -0.136. The van der Waals surface area contributed by atoms with Gasteiger partial charge in [0.15, 0.2) is 0 Å². The molecule has 4 N–H and O–H groups in total. The van der Waals surface area contributed by atoms with Crippen LogP contribution in [0.5, 0.6) is 0 Å². The van der Waals surface area contributed by atoms with E-state index in [-0.39, 0.29) is 35.7 Å². The topological polar surface area (TPSA) is 175 Å². The maximum Gasteiger partial charge on any atom is 0.407 e. The molecular formula is C46H54N8O6. The summed E-state index contributed by atoms with van der Waals surface area (Å²) < 4.78 is 9.57. The molecule has 4 amide bonds. The highest BCUT2D eigenvalue weighted by atomic mass is 16.5. The number of alkyl carbamates (subject to hydrolysis) is 2. The largest absolute Gasteiger partial charge is 0.453 e. The summed E-state index contributed by atoms with van der Waals surface area (Å²) in [5.74, 6) is 1.07. The summed E-state index contributed by atoms with van der Waals surface area (Å²) >= 11 is 0. The van der Waals surface area contributed by atoms with Crippen LogP contribution in [0.4, 0.5) is 9.59 Å². The molecule has 3 aliphatic rings. The second-order valence-electron chi connectivity index (χ2n) is 16.9. The summed E-state index contributed by atoms with van der Waals surface area (Å²) in [6.45, 7) is 8.86. The highest BCUT2D eigenvalue weighted by Crippen LogP contribution is 2.39. The maximum absolute atomic E-state index is 13.7. The Morgan fingerprint density at radius 1 is 0.700 bits per heavy atom. The molecule has 0 radical (unpaired) electrons. The number of H-pyrrole nitrogens is 2. The first-order valence-corrected chi connectivity index (χ1v) is 21.1. The molecule has 14 heteroatoms. The van der Waals surface area contributed by atoms with Gasteiger partial charge in [0.25, 0.3) is 0 Å². The van der Waals surface area contributed by atoms with Gasteiger partial charge in [-0.1, -0.05) is 70.2 Å². The Morgan fingerprint density at radius 3 is 1.85 bits per heavy atom. The van der Waals surface area contributed by atoms with Crippen molar-refractivity contribution in [3.8, 4) is 33.6 Å². The number of carbonyl (C=O) groups excluding carboxylic acids is 4. The van der Waals surface area contributed by atoms with Crippen LogP contribution in [-0.2, 0) is 31.9 Å². The van der Waals surface area contributed by atoms with E-state index in [0.29, 0.717) is 13.1 Å². The molecular weight excluding hydrogens is 761 g/mol. The molecule has 60 heavy (non-hydrogen) atoms. The van der Waals surface area contributed by atoms with E-state index in [1.165, 1.54) is 19.8 Å². The van der Waals surface area contributed by atoms with Gasteiger partial charge >= 0.3 is 12.2 Å². The van der Waals surface area contributed by atoms with Gasteiger partial charge in [0.05, 0.1) is 43.9 Å². The van der Waals surface area contributed by atoms with Crippen molar-refractivity contribution in [2.75, 3.05) is 27.3 Å². The number of nitrogens with one attached hydrogen (secondary N) is 4. The Labute approximate surface area is 349 Å². The lowest BCUT2D eigenvalue weighted by Crippen LogP contribution is -2.51. The number of ether oxygens (including phenoxy) is 2. The average Bonchev–Trinajstić information content (AvgIpc) is 4.09. The van der Waals surface area contributed by atoms with Crippen molar-refractivity contribution in [3.05, 3.63) is 83.7 Å². The Bertz CT molecular complexity index is 2440. The third kappa shape index (κ3) is 7.82. The molecule has 1 aliphatic carbocycles. The molecule has 0 bridgehead atoms. The predicted molar refractivity (Wildman–Crippen MR) is 228 cm³/mol. The molecule has 4 heterocycles. The van der Waals surface area contributed by atoms with Crippen molar-refractivity contribution >= 4 is 34.8 Å². The van der Waals surface area contributed by atoms with Crippen molar-refractivity contribution < 1.29 is 28.7 Å². The first-order valence-electron chi connectivity index (χ1n) is 21.1. The molecule has 2 fully saturated rings. The number of hydrogen-bond acceptors (Lipinski definition) is 8. The lowest BCUT2D eigenvalue weighted by atomic mass is 9.89. The first kappa shape index (κ1) is 40.6. The van der Waals surface area contributed by atoms with Crippen molar-refractivity contribution in [1.29, 1.82) is 0 Å². The van der Waals surface area contributed by atoms with E-state index in [1.54, 1.807) is 0 Å². The minimum atomic E-state index is -0.687. The SMILES string of the molecule is COC(=O)N[C@H](C(=O)N1CCC[C@H]1c1ncc(-c2ccc3cc(-c4ccc5c(c4)CCc4[nH]c([C@@H]6CCCN6C(=O)[C@@H](NC(=O)OC)C(C)C)nc4-5)ccc3c2)[nH]1)C(C)C. The van der Waals surface area contributed by atoms with Crippen LogP contribution in [0.3, 0.4) is 0 Å². The molecule has 0 unspecified atom stereocenters. The van der Waals surface area contributed by atoms with Gasteiger partial charge in [0.1, 0.15) is 23.7 Å². The molecule has 2 aliphatic heterocycles. The van der Waals surface area contributed by atoms with Gasteiger partial charge in [-0.15, -0.1) is 0 Å². The number of hydrogen-bond donors (Lipinski definition) is 4. The zero-order valence-electron chi connectivity index (χ0n) is 35.1. The maximum atomic E-state index is 13.7. The van der Waals surface area contributed by atoms with Crippen LogP contribution < -0.4 is 10.6 Å². The third-order valence-electron chi connectivity index (χ3n) is 12.4. The number of carbonyl (C=O) groups is 4. The highest BCUT2D eigenvalue weighted by Gasteiger charge is 2.39. The van der Waals surface area contributed by atoms with Gasteiger partial charge in [0, 0.05) is 29.9 Å². The van der Waals surface area contributed by atoms with Gasteiger partial charge in [-0.25, -0.2) is 19.6 Å². The molecule has 0 spiro atoms. The van der Waals surface area contributed by atoms with Crippen LogP contribution in [0.15, 0.2) is 60.8 Å². The van der Waals surface area contributed by atoms with Crippen molar-refractivity contribution in [1.82, 2.24) is 40.4 Å². The molecule has 8 rings (SSSR count). The van der Waals surface area contributed by atoms with Crippen molar-refractivity contribution in [2.24, 2.45) is 11.8 Å². The Balaban J connectivity index is 0.977. The molecule has 5 aromatic rings. The number of nitrogens with zero attached hydrogens (tertiary/aromatic N) is 4. The number of likely N-dealkylation sites (tertiary alicyclic amines) is 2. The second-order valence-corrected chi connectivity index (χ2v) is 16.9. The van der Waals surface area contributed by atoms with Crippen LogP contribution in [0.25, 0.3) is 44.4 Å². The summed E-state index contributed by atoms with van der Waals surface area (Å²) in [4.78, 5) is 72.0. The van der Waals surface area contributed by atoms with Crippen LogP contribution in [0, 0.1) is 11.8 Å². The van der Waals surface area contributed by atoms with E-state index in [1.807, 2.05) is 43.7 Å². The zero-order valence-corrected chi connectivity index (χ0v) is 35.1. The van der Waals surface area contributed by atoms with Gasteiger partial charge in [-0.05, 0) is 90.0 Å². The summed E-state index contributed by atoms with van der Waals surface area (Å²) in [7, 11) is 2.60. The number of aryl methyl sites for hydroxylation is 2. The number of rotatable bonds is 10. The molecule has 0 saturated carbocycles. The Hall–Kier alpha value is -6.18. The number of aromatic amines is 2. The number of aromatic nitrogens is 4. The molecule has 2 saturated heterocycles. The van der Waals surface area contributed by atoms with Gasteiger partial charge in [-0.2, -0.15) is 0 Å². The second kappa shape index (κ2) is 16.8. The van der Waals surface area contributed by atoms with Crippen molar-refractivity contribution in [2.45, 2.75) is 90.4 Å². The monoisotopic (exact) mass is 814 g/mol. The lowest BCUT2D eigenvalue weighted by Gasteiger charge is -2.30. The van der Waals surface area contributed by atoms with Gasteiger partial charge in [0.2, 0.25) is 11.8 Å². The molecule has 3 aromatic carbocycles. The normalized spacial score (nSPS) is 18.3. The number of imidazole rings is 2. The van der Waals surface area contributed by atoms with Gasteiger partial charge in [-0.3, -0.25) is 9.59 Å². The molecule has 14 nitrogen and oxygen atoms in total. The number of fused-ring (bicyclic) bond motifs is 4. The summed E-state index contributed by atoms with van der Waals surface area (Å²) in [5, 5.41) is 7.66. The van der Waals surface area contributed by atoms with Crippen LogP contribution >= 0.6 is 0 Å². The number of benzene rings is 3. The Morgan fingerprint density at radius 2 is 1.25 bits per heavy atom. The number of amides is 4. The first-order chi connectivity index (χ1) is 28.9. The third-order valence-corrected chi connectivity index (χ3v) is 12.4.